The predicted octanol–water partition coefficient (Wildman–Crippen LogP) is 5.74. The first-order valence-electron chi connectivity index (χ1n) is 10.3. The van der Waals surface area contributed by atoms with Gasteiger partial charge in [0.2, 0.25) is 0 Å². The fourth-order valence-electron chi connectivity index (χ4n) is 4.52. The molecule has 0 spiro atoms. The molecule has 0 radical (unpaired) electrons. The molecular weight excluding hydrogens is 496 g/mol. The van der Waals surface area contributed by atoms with Crippen molar-refractivity contribution in [2.75, 3.05) is 28.4 Å². The third kappa shape index (κ3) is 3.37. The smallest absolute Gasteiger partial charge is 0.161 e. The van der Waals surface area contributed by atoms with Gasteiger partial charge in [-0.25, -0.2) is 0 Å². The molecule has 0 saturated carbocycles. The Hall–Kier alpha value is -3.94. The molecule has 0 fully saturated rings. The van der Waals surface area contributed by atoms with Crippen molar-refractivity contribution in [3.05, 3.63) is 81.3 Å². The van der Waals surface area contributed by atoms with E-state index in [0.717, 1.165) is 10.0 Å². The number of nitriles is 2. The molecule has 170 valence electrons. The summed E-state index contributed by atoms with van der Waals surface area (Å²) in [4.78, 5) is 0. The van der Waals surface area contributed by atoms with E-state index < -0.39 is 5.41 Å². The van der Waals surface area contributed by atoms with Crippen molar-refractivity contribution in [2.24, 2.45) is 0 Å². The van der Waals surface area contributed by atoms with Crippen molar-refractivity contribution in [1.82, 2.24) is 0 Å². The van der Waals surface area contributed by atoms with Gasteiger partial charge in [-0.3, -0.25) is 0 Å². The van der Waals surface area contributed by atoms with Gasteiger partial charge in [0.25, 0.3) is 0 Å². The van der Waals surface area contributed by atoms with E-state index in [2.05, 4.69) is 28.1 Å². The predicted molar refractivity (Wildman–Crippen MR) is 132 cm³/mol. The van der Waals surface area contributed by atoms with E-state index in [1.54, 1.807) is 38.5 Å². The molecule has 3 aromatic rings. The van der Waals surface area contributed by atoms with E-state index in [-0.39, 0.29) is 0 Å². The van der Waals surface area contributed by atoms with Gasteiger partial charge in [-0.15, -0.1) is 0 Å². The van der Waals surface area contributed by atoms with Gasteiger partial charge in [0.05, 0.1) is 40.1 Å². The maximum absolute atomic E-state index is 10.9. The summed E-state index contributed by atoms with van der Waals surface area (Å²) >= 11 is 3.52. The molecule has 1 aliphatic carbocycles. The number of fused-ring (bicyclic) bond motifs is 1. The van der Waals surface area contributed by atoms with E-state index in [0.29, 0.717) is 50.8 Å². The Morgan fingerprint density at radius 1 is 0.765 bits per heavy atom. The highest BCUT2D eigenvalue weighted by atomic mass is 79.9. The Kier molecular flexibility index (Phi) is 6.24. The topological polar surface area (TPSA) is 84.5 Å². The number of nitrogens with zero attached hydrogens (tertiary/aromatic N) is 2. The average molecular weight is 517 g/mol. The van der Waals surface area contributed by atoms with Crippen molar-refractivity contribution in [2.45, 2.75) is 5.41 Å². The van der Waals surface area contributed by atoms with E-state index in [1.807, 2.05) is 30.3 Å². The Morgan fingerprint density at radius 3 is 2.00 bits per heavy atom. The van der Waals surface area contributed by atoms with Crippen LogP contribution < -0.4 is 18.9 Å². The number of benzene rings is 3. The molecule has 0 saturated heterocycles. The summed E-state index contributed by atoms with van der Waals surface area (Å²) in [5, 5.41) is 21.2. The summed E-state index contributed by atoms with van der Waals surface area (Å²) in [6, 6.07) is 21.4. The number of ether oxygens (including phenoxy) is 4. The van der Waals surface area contributed by atoms with Crippen molar-refractivity contribution in [3.63, 3.8) is 0 Å². The van der Waals surface area contributed by atoms with Gasteiger partial charge >= 0.3 is 0 Å². The van der Waals surface area contributed by atoms with Crippen LogP contribution in [0.1, 0.15) is 22.3 Å². The van der Waals surface area contributed by atoms with Crippen LogP contribution in [0.3, 0.4) is 0 Å². The van der Waals surface area contributed by atoms with Crippen LogP contribution in [-0.4, -0.2) is 28.4 Å². The fraction of sp³-hybridized carbons (Fsp3) is 0.185. The molecule has 3 aromatic carbocycles. The second-order valence-electron chi connectivity index (χ2n) is 7.56. The van der Waals surface area contributed by atoms with Crippen LogP contribution in [0.5, 0.6) is 23.0 Å². The number of rotatable bonds is 6. The van der Waals surface area contributed by atoms with Gasteiger partial charge in [0.15, 0.2) is 23.0 Å². The minimum absolute atomic E-state index is 0.394. The summed E-state index contributed by atoms with van der Waals surface area (Å²) in [6.45, 7) is 0. The quantitative estimate of drug-likeness (QED) is 0.415. The minimum Gasteiger partial charge on any atom is -0.493 e. The summed E-state index contributed by atoms with van der Waals surface area (Å²) in [5.41, 5.74) is 2.29. The summed E-state index contributed by atoms with van der Waals surface area (Å²) in [6.07, 6.45) is 0. The van der Waals surface area contributed by atoms with Crippen LogP contribution in [0, 0.1) is 22.7 Å². The molecule has 6 nitrogen and oxygen atoms in total. The SMILES string of the molecule is COc1ccc(C2(C#N)C(c3cccc(Br)c3)=C(C#N)c3cc(OC)c(OC)cc32)cc1OC. The van der Waals surface area contributed by atoms with Gasteiger partial charge in [-0.2, -0.15) is 10.5 Å². The van der Waals surface area contributed by atoms with Crippen LogP contribution >= 0.6 is 15.9 Å². The highest BCUT2D eigenvalue weighted by Crippen LogP contribution is 2.57. The second-order valence-corrected chi connectivity index (χ2v) is 8.47. The number of allylic oxidation sites excluding steroid dienone is 2. The molecule has 7 heteroatoms. The molecule has 1 aliphatic rings. The third-order valence-corrected chi connectivity index (χ3v) is 6.52. The van der Waals surface area contributed by atoms with Gasteiger partial charge in [0, 0.05) is 15.6 Å². The molecule has 1 unspecified atom stereocenters. The number of methoxy groups -OCH3 is 4. The van der Waals surface area contributed by atoms with Crippen molar-refractivity contribution >= 4 is 27.1 Å². The first-order chi connectivity index (χ1) is 16.5. The van der Waals surface area contributed by atoms with E-state index in [9.17, 15) is 10.5 Å². The van der Waals surface area contributed by atoms with E-state index in [4.69, 9.17) is 18.9 Å². The largest absolute Gasteiger partial charge is 0.493 e. The maximum atomic E-state index is 10.9. The van der Waals surface area contributed by atoms with Crippen LogP contribution in [0.25, 0.3) is 11.1 Å². The Balaban J connectivity index is 2.17. The highest BCUT2D eigenvalue weighted by Gasteiger charge is 2.49. The standard InChI is InChI=1S/C27H21BrN2O4/c1-31-22-9-8-17(11-23(22)32-2)27(15-30)21-13-25(34-4)24(33-3)12-19(21)20(14-29)26(27)16-6-5-7-18(28)10-16/h5-13H,1-4H3. The first-order valence-corrected chi connectivity index (χ1v) is 11.1. The van der Waals surface area contributed by atoms with Gasteiger partial charge < -0.3 is 18.9 Å². The molecular formula is C27H21BrN2O4. The van der Waals surface area contributed by atoms with Crippen LogP contribution in [-0.2, 0) is 5.41 Å². The average Bonchev–Trinajstić information content (AvgIpc) is 3.16. The second kappa shape index (κ2) is 9.13. The molecule has 4 rings (SSSR count). The lowest BCUT2D eigenvalue weighted by atomic mass is 9.70. The first kappa shape index (κ1) is 23.2. The highest BCUT2D eigenvalue weighted by molar-refractivity contribution is 9.10. The lowest BCUT2D eigenvalue weighted by Crippen LogP contribution is -2.26. The minimum atomic E-state index is -1.32. The van der Waals surface area contributed by atoms with Crippen LogP contribution in [0.4, 0.5) is 0 Å². The van der Waals surface area contributed by atoms with Crippen LogP contribution in [0.2, 0.25) is 0 Å². The van der Waals surface area contributed by atoms with E-state index in [1.165, 1.54) is 14.2 Å². The number of hydrogen-bond donors (Lipinski definition) is 0. The monoisotopic (exact) mass is 516 g/mol. The van der Waals surface area contributed by atoms with Crippen LogP contribution in [0.15, 0.2) is 59.1 Å². The molecule has 0 N–H and O–H groups in total. The lowest BCUT2D eigenvalue weighted by Gasteiger charge is -2.29. The zero-order chi connectivity index (χ0) is 24.5. The molecule has 0 heterocycles. The molecule has 0 bridgehead atoms. The maximum Gasteiger partial charge on any atom is 0.161 e. The molecule has 34 heavy (non-hydrogen) atoms. The van der Waals surface area contributed by atoms with Crippen molar-refractivity contribution in [1.29, 1.82) is 10.5 Å². The Bertz CT molecular complexity index is 1400. The lowest BCUT2D eigenvalue weighted by molar-refractivity contribution is 0.353. The van der Waals surface area contributed by atoms with Crippen molar-refractivity contribution < 1.29 is 18.9 Å². The zero-order valence-corrected chi connectivity index (χ0v) is 20.7. The molecule has 0 aromatic heterocycles. The molecule has 0 amide bonds. The number of halogens is 1. The third-order valence-electron chi connectivity index (χ3n) is 6.03. The van der Waals surface area contributed by atoms with Gasteiger partial charge in [-0.1, -0.05) is 34.1 Å². The zero-order valence-electron chi connectivity index (χ0n) is 19.1. The van der Waals surface area contributed by atoms with Gasteiger partial charge in [-0.05, 0) is 53.1 Å². The summed E-state index contributed by atoms with van der Waals surface area (Å²) in [5.74, 6) is 1.96. The molecule has 1 atom stereocenters. The van der Waals surface area contributed by atoms with Gasteiger partial charge in [0.1, 0.15) is 11.5 Å². The Morgan fingerprint density at radius 2 is 1.41 bits per heavy atom. The van der Waals surface area contributed by atoms with E-state index >= 15 is 0 Å². The summed E-state index contributed by atoms with van der Waals surface area (Å²) in [7, 11) is 6.18. The normalized spacial score (nSPS) is 16.3. The van der Waals surface area contributed by atoms with Crippen molar-refractivity contribution in [3.8, 4) is 35.1 Å². The summed E-state index contributed by atoms with van der Waals surface area (Å²) < 4.78 is 22.8. The fourth-order valence-corrected chi connectivity index (χ4v) is 4.92. The Labute approximate surface area is 206 Å². The molecule has 0 aliphatic heterocycles. The number of hydrogen-bond acceptors (Lipinski definition) is 6.